The molecule has 0 unspecified atom stereocenters. The molecule has 0 spiro atoms. The van der Waals surface area contributed by atoms with Crippen molar-refractivity contribution in [3.8, 4) is 5.75 Å². The van der Waals surface area contributed by atoms with E-state index in [4.69, 9.17) is 14.5 Å². The van der Waals surface area contributed by atoms with Gasteiger partial charge in [0.1, 0.15) is 11.4 Å². The number of ether oxygens (including phenoxy) is 2. The number of hydrogen-bond donors (Lipinski definition) is 0. The van der Waals surface area contributed by atoms with Crippen molar-refractivity contribution in [1.29, 1.82) is 0 Å². The number of rotatable bonds is 2. The highest BCUT2D eigenvalue weighted by molar-refractivity contribution is 9.10. The Morgan fingerprint density at radius 2 is 2.21 bits per heavy atom. The molecule has 5 rings (SSSR count). The van der Waals surface area contributed by atoms with Crippen LogP contribution in [0.1, 0.15) is 25.5 Å². The molecule has 1 saturated carbocycles. The van der Waals surface area contributed by atoms with Crippen molar-refractivity contribution < 1.29 is 9.47 Å². The van der Waals surface area contributed by atoms with E-state index in [9.17, 15) is 0 Å². The molecule has 2 bridgehead atoms. The smallest absolute Gasteiger partial charge is 0.140 e. The average Bonchev–Trinajstić information content (AvgIpc) is 2.97. The fourth-order valence-corrected chi connectivity index (χ4v) is 4.05. The number of methoxy groups -OCH3 is 1. The summed E-state index contributed by atoms with van der Waals surface area (Å²) >= 11 is 3.50. The van der Waals surface area contributed by atoms with Gasteiger partial charge >= 0.3 is 0 Å². The van der Waals surface area contributed by atoms with Crippen LogP contribution in [0, 0.1) is 0 Å². The molecule has 2 aliphatic heterocycles. The Bertz CT molecular complexity index is 673. The highest BCUT2D eigenvalue weighted by Crippen LogP contribution is 2.58. The number of imidazole rings is 1. The monoisotopic (exact) mass is 322 g/mol. The Balaban J connectivity index is 1.81. The topological polar surface area (TPSA) is 35.8 Å². The standard InChI is InChI=1S/C14H15BrN2O2/c1-13-6-14(7-13,8-19-13)11-5-17-4-9(15)10(18-2)3-12(17)16-11/h3-5H,6-8H2,1-2H3. The number of pyridine rings is 1. The van der Waals surface area contributed by atoms with E-state index in [0.29, 0.717) is 0 Å². The molecule has 19 heavy (non-hydrogen) atoms. The molecule has 0 N–H and O–H groups in total. The Kier molecular flexibility index (Phi) is 2.17. The van der Waals surface area contributed by atoms with Gasteiger partial charge < -0.3 is 13.9 Å². The number of nitrogens with zero attached hydrogens (tertiary/aromatic N) is 2. The van der Waals surface area contributed by atoms with Crippen LogP contribution in [0.15, 0.2) is 22.9 Å². The van der Waals surface area contributed by atoms with Crippen LogP contribution in [0.4, 0.5) is 0 Å². The van der Waals surface area contributed by atoms with Gasteiger partial charge in [0.05, 0.1) is 29.5 Å². The Morgan fingerprint density at radius 1 is 1.42 bits per heavy atom. The van der Waals surface area contributed by atoms with E-state index >= 15 is 0 Å². The first-order chi connectivity index (χ1) is 9.04. The lowest BCUT2D eigenvalue weighted by Crippen LogP contribution is -2.45. The summed E-state index contributed by atoms with van der Waals surface area (Å²) in [5.74, 6) is 0.809. The van der Waals surface area contributed by atoms with Gasteiger partial charge in [0, 0.05) is 23.9 Å². The minimum Gasteiger partial charge on any atom is -0.495 e. The molecule has 1 aliphatic carbocycles. The first kappa shape index (κ1) is 11.7. The number of hydrogen-bond acceptors (Lipinski definition) is 3. The minimum absolute atomic E-state index is 0.0913. The van der Waals surface area contributed by atoms with E-state index in [1.165, 1.54) is 0 Å². The van der Waals surface area contributed by atoms with Crippen LogP contribution in [-0.4, -0.2) is 28.7 Å². The van der Waals surface area contributed by atoms with E-state index in [0.717, 1.165) is 41.0 Å². The van der Waals surface area contributed by atoms with Crippen LogP contribution >= 0.6 is 15.9 Å². The Morgan fingerprint density at radius 3 is 2.84 bits per heavy atom. The van der Waals surface area contributed by atoms with Crippen LogP contribution in [0.3, 0.4) is 0 Å². The predicted molar refractivity (Wildman–Crippen MR) is 74.7 cm³/mol. The highest BCUT2D eigenvalue weighted by Gasteiger charge is 2.61. The second-order valence-electron chi connectivity index (χ2n) is 5.95. The Hall–Kier alpha value is -1.07. The van der Waals surface area contributed by atoms with Crippen molar-refractivity contribution >= 4 is 21.6 Å². The molecular weight excluding hydrogens is 308 g/mol. The fourth-order valence-electron chi connectivity index (χ4n) is 3.55. The third-order valence-electron chi connectivity index (χ3n) is 4.39. The highest BCUT2D eigenvalue weighted by atomic mass is 79.9. The van der Waals surface area contributed by atoms with E-state index in [2.05, 4.69) is 29.1 Å². The summed E-state index contributed by atoms with van der Waals surface area (Å²) in [6.45, 7) is 2.99. The van der Waals surface area contributed by atoms with Gasteiger partial charge in [0.25, 0.3) is 0 Å². The van der Waals surface area contributed by atoms with Crippen LogP contribution in [0.2, 0.25) is 0 Å². The van der Waals surface area contributed by atoms with Gasteiger partial charge in [0.15, 0.2) is 0 Å². The maximum atomic E-state index is 5.85. The molecular formula is C14H15BrN2O2. The molecule has 3 aliphatic rings. The number of aromatic nitrogens is 2. The third kappa shape index (κ3) is 1.51. The summed E-state index contributed by atoms with van der Waals surface area (Å²) in [4.78, 5) is 4.77. The fraction of sp³-hybridized carbons (Fsp3) is 0.500. The largest absolute Gasteiger partial charge is 0.495 e. The quantitative estimate of drug-likeness (QED) is 0.852. The molecule has 3 fully saturated rings. The first-order valence-electron chi connectivity index (χ1n) is 6.40. The summed E-state index contributed by atoms with van der Waals surface area (Å²) in [5, 5.41) is 0. The molecule has 4 nitrogen and oxygen atoms in total. The zero-order valence-corrected chi connectivity index (χ0v) is 12.5. The van der Waals surface area contributed by atoms with E-state index in [-0.39, 0.29) is 11.0 Å². The molecule has 0 amide bonds. The minimum atomic E-state index is 0.0913. The average molecular weight is 323 g/mol. The first-order valence-corrected chi connectivity index (χ1v) is 7.20. The molecule has 0 aromatic carbocycles. The molecule has 100 valence electrons. The van der Waals surface area contributed by atoms with Crippen molar-refractivity contribution in [3.05, 3.63) is 28.6 Å². The summed E-state index contributed by atoms with van der Waals surface area (Å²) < 4.78 is 14.1. The molecule has 2 saturated heterocycles. The van der Waals surface area contributed by atoms with Gasteiger partial charge in [0.2, 0.25) is 0 Å². The number of halogens is 1. The molecule has 0 radical (unpaired) electrons. The third-order valence-corrected chi connectivity index (χ3v) is 4.99. The lowest BCUT2D eigenvalue weighted by molar-refractivity contribution is 0.0154. The van der Waals surface area contributed by atoms with Crippen LogP contribution in [0.5, 0.6) is 5.75 Å². The zero-order chi connectivity index (χ0) is 13.3. The van der Waals surface area contributed by atoms with Gasteiger partial charge in [-0.05, 0) is 35.7 Å². The van der Waals surface area contributed by atoms with Crippen molar-refractivity contribution in [2.45, 2.75) is 30.8 Å². The van der Waals surface area contributed by atoms with Crippen molar-refractivity contribution in [1.82, 2.24) is 9.38 Å². The van der Waals surface area contributed by atoms with Crippen molar-refractivity contribution in [2.24, 2.45) is 0 Å². The van der Waals surface area contributed by atoms with Gasteiger partial charge in [-0.15, -0.1) is 0 Å². The second-order valence-corrected chi connectivity index (χ2v) is 6.81. The lowest BCUT2D eigenvalue weighted by atomic mass is 9.62. The SMILES string of the molecule is COc1cc2nc(C34COC(C)(C3)C4)cn2cc1Br. The molecule has 4 heterocycles. The maximum absolute atomic E-state index is 5.85. The molecule has 2 aromatic rings. The Labute approximate surface area is 119 Å². The molecule has 0 atom stereocenters. The van der Waals surface area contributed by atoms with Crippen molar-refractivity contribution in [3.63, 3.8) is 0 Å². The summed E-state index contributed by atoms with van der Waals surface area (Å²) in [6, 6.07) is 1.96. The van der Waals surface area contributed by atoms with Gasteiger partial charge in [-0.2, -0.15) is 0 Å². The maximum Gasteiger partial charge on any atom is 0.140 e. The van der Waals surface area contributed by atoms with Gasteiger partial charge in [-0.3, -0.25) is 0 Å². The number of fused-ring (bicyclic) bond motifs is 2. The van der Waals surface area contributed by atoms with Crippen LogP contribution < -0.4 is 4.74 Å². The van der Waals surface area contributed by atoms with Gasteiger partial charge in [-0.1, -0.05) is 0 Å². The normalized spacial score (nSPS) is 32.6. The second kappa shape index (κ2) is 3.52. The summed E-state index contributed by atoms with van der Waals surface area (Å²) in [5.41, 5.74) is 2.29. The summed E-state index contributed by atoms with van der Waals surface area (Å²) in [6.07, 6.45) is 6.28. The van der Waals surface area contributed by atoms with Crippen LogP contribution in [-0.2, 0) is 10.2 Å². The van der Waals surface area contributed by atoms with Crippen molar-refractivity contribution in [2.75, 3.05) is 13.7 Å². The van der Waals surface area contributed by atoms with E-state index in [1.807, 2.05) is 16.7 Å². The molecule has 2 aromatic heterocycles. The summed E-state index contributed by atoms with van der Waals surface area (Å²) in [7, 11) is 1.67. The van der Waals surface area contributed by atoms with Gasteiger partial charge in [-0.25, -0.2) is 4.98 Å². The zero-order valence-electron chi connectivity index (χ0n) is 10.9. The van der Waals surface area contributed by atoms with E-state index < -0.39 is 0 Å². The molecule has 5 heteroatoms. The predicted octanol–water partition coefficient (Wildman–Crippen LogP) is 2.93. The van der Waals surface area contributed by atoms with E-state index in [1.54, 1.807) is 7.11 Å². The van der Waals surface area contributed by atoms with Crippen LogP contribution in [0.25, 0.3) is 5.65 Å². The lowest BCUT2D eigenvalue weighted by Gasteiger charge is -2.41.